The van der Waals surface area contributed by atoms with E-state index in [2.05, 4.69) is 11.3 Å². The molecule has 0 unspecified atom stereocenters. The van der Waals surface area contributed by atoms with E-state index in [4.69, 9.17) is 9.47 Å². The lowest BCUT2D eigenvalue weighted by atomic mass is 9.78. The largest absolute Gasteiger partial charge is 0.432 e. The fraction of sp³-hybridized carbons (Fsp3) is 0.394. The van der Waals surface area contributed by atoms with E-state index < -0.39 is 63.5 Å². The predicted molar refractivity (Wildman–Crippen MR) is 146 cm³/mol. The van der Waals surface area contributed by atoms with Crippen LogP contribution in [-0.2, 0) is 15.6 Å². The van der Waals surface area contributed by atoms with Gasteiger partial charge in [0.1, 0.15) is 28.8 Å². The molecule has 0 amide bonds. The molecule has 1 heterocycles. The van der Waals surface area contributed by atoms with Crippen molar-refractivity contribution in [3.05, 3.63) is 101 Å². The second kappa shape index (κ2) is 13.3. The standard InChI is InChI=1S/C33H30F8O3/c1-2-3-4-18-16-42-32(43-17-18)20-7-5-19(6-8-20)21-11-26(35)30(27(36)12-21)33(40,41)44-23-9-10-24(25(34)15-23)22-13-28(37)31(39)29(38)14-22/h2,9-15,18-20,32H,1,3-8,16-17H2. The average molecular weight is 627 g/mol. The smallest absolute Gasteiger partial charge is 0.429 e. The van der Waals surface area contributed by atoms with Crippen molar-refractivity contribution < 1.29 is 49.3 Å². The molecule has 0 spiro atoms. The van der Waals surface area contributed by atoms with Gasteiger partial charge in [0, 0.05) is 23.5 Å². The molecule has 11 heteroatoms. The van der Waals surface area contributed by atoms with E-state index in [-0.39, 0.29) is 23.7 Å². The third-order valence-corrected chi connectivity index (χ3v) is 8.24. The fourth-order valence-corrected chi connectivity index (χ4v) is 5.89. The minimum atomic E-state index is -4.54. The summed E-state index contributed by atoms with van der Waals surface area (Å²) >= 11 is 0. The third-order valence-electron chi connectivity index (χ3n) is 8.24. The van der Waals surface area contributed by atoms with Crippen LogP contribution >= 0.6 is 0 Å². The molecule has 3 nitrogen and oxygen atoms in total. The maximum atomic E-state index is 15.0. The number of hydrogen-bond acceptors (Lipinski definition) is 3. The SMILES string of the molecule is C=CCCC1COC(C2CCC(c3cc(F)c(C(F)(F)Oc4ccc(-c5cc(F)c(F)c(F)c5)c(F)c4)c(F)c3)CC2)OC1. The van der Waals surface area contributed by atoms with E-state index in [9.17, 15) is 26.3 Å². The first kappa shape index (κ1) is 32.0. The monoisotopic (exact) mass is 626 g/mol. The molecule has 44 heavy (non-hydrogen) atoms. The number of hydrogen-bond donors (Lipinski definition) is 0. The summed E-state index contributed by atoms with van der Waals surface area (Å²) in [7, 11) is 0. The van der Waals surface area contributed by atoms with Crippen molar-refractivity contribution in [3.63, 3.8) is 0 Å². The van der Waals surface area contributed by atoms with Gasteiger partial charge in [-0.3, -0.25) is 0 Å². The lowest BCUT2D eigenvalue weighted by Gasteiger charge is -2.37. The Morgan fingerprint density at radius 1 is 0.795 bits per heavy atom. The molecule has 3 aromatic carbocycles. The van der Waals surface area contributed by atoms with Crippen LogP contribution in [-0.4, -0.2) is 19.5 Å². The van der Waals surface area contributed by atoms with Crippen LogP contribution in [0.25, 0.3) is 11.1 Å². The molecule has 1 aliphatic carbocycles. The Morgan fingerprint density at radius 2 is 1.41 bits per heavy atom. The summed E-state index contributed by atoms with van der Waals surface area (Å²) in [6, 6.07) is 4.94. The molecule has 0 aromatic heterocycles. The van der Waals surface area contributed by atoms with Gasteiger partial charge in [-0.05, 0) is 92.0 Å². The van der Waals surface area contributed by atoms with Crippen LogP contribution in [0.1, 0.15) is 55.6 Å². The molecule has 0 N–H and O–H groups in total. The Kier molecular flexibility index (Phi) is 9.65. The van der Waals surface area contributed by atoms with Crippen molar-refractivity contribution in [2.45, 2.75) is 56.8 Å². The van der Waals surface area contributed by atoms with E-state index in [1.165, 1.54) is 0 Å². The van der Waals surface area contributed by atoms with Gasteiger partial charge in [-0.25, -0.2) is 26.3 Å². The lowest BCUT2D eigenvalue weighted by Crippen LogP contribution is -2.38. The summed E-state index contributed by atoms with van der Waals surface area (Å²) in [5.74, 6) is -9.83. The molecule has 1 saturated heterocycles. The second-order valence-electron chi connectivity index (χ2n) is 11.3. The van der Waals surface area contributed by atoms with Crippen LogP contribution in [0.5, 0.6) is 5.75 Å². The molecule has 236 valence electrons. The van der Waals surface area contributed by atoms with Crippen LogP contribution in [0, 0.1) is 46.7 Å². The van der Waals surface area contributed by atoms with Gasteiger partial charge in [-0.1, -0.05) is 6.08 Å². The summed E-state index contributed by atoms with van der Waals surface area (Å²) in [5, 5.41) is 0. The average Bonchev–Trinajstić information content (AvgIpc) is 2.98. The first-order chi connectivity index (χ1) is 21.0. The topological polar surface area (TPSA) is 27.7 Å². The van der Waals surface area contributed by atoms with E-state index in [1.807, 2.05) is 6.08 Å². The summed E-state index contributed by atoms with van der Waals surface area (Å²) in [4.78, 5) is 0. The Hall–Kier alpha value is -3.44. The van der Waals surface area contributed by atoms with Gasteiger partial charge in [0.2, 0.25) is 0 Å². The van der Waals surface area contributed by atoms with Crippen LogP contribution < -0.4 is 4.74 Å². The number of allylic oxidation sites excluding steroid dienone is 1. The molecule has 3 aromatic rings. The van der Waals surface area contributed by atoms with Gasteiger partial charge in [-0.15, -0.1) is 6.58 Å². The predicted octanol–water partition coefficient (Wildman–Crippen LogP) is 9.55. The van der Waals surface area contributed by atoms with Crippen molar-refractivity contribution >= 4 is 0 Å². The first-order valence-electron chi connectivity index (χ1n) is 14.3. The molecule has 0 bridgehead atoms. The van der Waals surface area contributed by atoms with Crippen molar-refractivity contribution in [2.24, 2.45) is 11.8 Å². The maximum Gasteiger partial charge on any atom is 0.432 e. The van der Waals surface area contributed by atoms with Crippen LogP contribution in [0.4, 0.5) is 35.1 Å². The molecule has 0 atom stereocenters. The lowest BCUT2D eigenvalue weighted by molar-refractivity contribution is -0.229. The maximum absolute atomic E-state index is 15.0. The minimum absolute atomic E-state index is 0.117. The zero-order valence-corrected chi connectivity index (χ0v) is 23.5. The Balaban J connectivity index is 1.24. The molecule has 2 fully saturated rings. The summed E-state index contributed by atoms with van der Waals surface area (Å²) in [6.07, 6.45) is 1.27. The molecule has 1 aliphatic heterocycles. The van der Waals surface area contributed by atoms with Crippen molar-refractivity contribution in [2.75, 3.05) is 13.2 Å². The van der Waals surface area contributed by atoms with Gasteiger partial charge in [0.05, 0.1) is 13.2 Å². The number of alkyl halides is 2. The van der Waals surface area contributed by atoms with E-state index >= 15 is 8.78 Å². The number of benzene rings is 3. The highest BCUT2D eigenvalue weighted by atomic mass is 19.3. The van der Waals surface area contributed by atoms with Gasteiger partial charge in [-0.2, -0.15) is 8.78 Å². The molecule has 0 radical (unpaired) electrons. The molecule has 2 aliphatic rings. The zero-order chi connectivity index (χ0) is 31.6. The molecule has 5 rings (SSSR count). The van der Waals surface area contributed by atoms with Gasteiger partial charge >= 0.3 is 6.11 Å². The Morgan fingerprint density at radius 3 is 1.98 bits per heavy atom. The van der Waals surface area contributed by atoms with Crippen molar-refractivity contribution in [1.82, 2.24) is 0 Å². The Labute approximate surface area is 249 Å². The summed E-state index contributed by atoms with van der Waals surface area (Å²) < 4.78 is 131. The number of rotatable bonds is 9. The zero-order valence-electron chi connectivity index (χ0n) is 23.5. The van der Waals surface area contributed by atoms with E-state index in [0.717, 1.165) is 37.1 Å². The van der Waals surface area contributed by atoms with Crippen LogP contribution in [0.3, 0.4) is 0 Å². The highest BCUT2D eigenvalue weighted by Crippen LogP contribution is 2.42. The molecular formula is C33H30F8O3. The molecular weight excluding hydrogens is 596 g/mol. The Bertz CT molecular complexity index is 1450. The highest BCUT2D eigenvalue weighted by molar-refractivity contribution is 5.65. The fourth-order valence-electron chi connectivity index (χ4n) is 5.89. The van der Waals surface area contributed by atoms with Crippen molar-refractivity contribution in [1.29, 1.82) is 0 Å². The number of ether oxygens (including phenoxy) is 3. The van der Waals surface area contributed by atoms with Crippen molar-refractivity contribution in [3.8, 4) is 16.9 Å². The van der Waals surface area contributed by atoms with E-state index in [1.54, 1.807) is 0 Å². The normalized spacial score (nSPS) is 22.5. The minimum Gasteiger partial charge on any atom is -0.429 e. The second-order valence-corrected chi connectivity index (χ2v) is 11.3. The van der Waals surface area contributed by atoms with Gasteiger partial charge < -0.3 is 14.2 Å². The third kappa shape index (κ3) is 6.94. The summed E-state index contributed by atoms with van der Waals surface area (Å²) in [6.45, 7) is 4.91. The van der Waals surface area contributed by atoms with Crippen LogP contribution in [0.15, 0.2) is 55.1 Å². The summed E-state index contributed by atoms with van der Waals surface area (Å²) in [5.41, 5.74) is -2.24. The highest BCUT2D eigenvalue weighted by Gasteiger charge is 2.42. The van der Waals surface area contributed by atoms with Gasteiger partial charge in [0.15, 0.2) is 23.7 Å². The number of halogens is 8. The van der Waals surface area contributed by atoms with Crippen LogP contribution in [0.2, 0.25) is 0 Å². The molecule has 1 saturated carbocycles. The van der Waals surface area contributed by atoms with Gasteiger partial charge in [0.25, 0.3) is 0 Å². The van der Waals surface area contributed by atoms with E-state index in [0.29, 0.717) is 63.0 Å². The first-order valence-corrected chi connectivity index (χ1v) is 14.3. The quantitative estimate of drug-likeness (QED) is 0.135.